The fourth-order valence-corrected chi connectivity index (χ4v) is 3.73. The number of hydrazone groups is 1. The van der Waals surface area contributed by atoms with Crippen LogP contribution in [-0.2, 0) is 13.2 Å². The van der Waals surface area contributed by atoms with Crippen molar-refractivity contribution in [3.05, 3.63) is 85.8 Å². The fourth-order valence-electron chi connectivity index (χ4n) is 2.76. The van der Waals surface area contributed by atoms with Gasteiger partial charge in [-0.15, -0.1) is 0 Å². The highest BCUT2D eigenvalue weighted by atomic mass is 79.9. The van der Waals surface area contributed by atoms with Gasteiger partial charge in [0.25, 0.3) is 0 Å². The molecule has 0 saturated carbocycles. The Morgan fingerprint density at radius 2 is 1.71 bits per heavy atom. The van der Waals surface area contributed by atoms with Crippen molar-refractivity contribution in [2.45, 2.75) is 13.2 Å². The highest BCUT2D eigenvalue weighted by Gasteiger charge is 2.06. The largest absolute Gasteiger partial charge is 0.493 e. The molecule has 162 valence electrons. The van der Waals surface area contributed by atoms with Gasteiger partial charge in [-0.05, 0) is 69.5 Å². The maximum Gasteiger partial charge on any atom is 0.161 e. The average Bonchev–Trinajstić information content (AvgIpc) is 2.77. The topological polar surface area (TPSA) is 52.1 Å². The Kier molecular flexibility index (Phi) is 8.46. The molecule has 0 radical (unpaired) electrons. The lowest BCUT2D eigenvalue weighted by Crippen LogP contribution is -2.06. The van der Waals surface area contributed by atoms with E-state index in [2.05, 4.69) is 26.5 Å². The predicted octanol–water partition coefficient (Wildman–Crippen LogP) is 6.48. The molecule has 0 atom stereocenters. The summed E-state index contributed by atoms with van der Waals surface area (Å²) in [5.41, 5.74) is 5.84. The van der Waals surface area contributed by atoms with E-state index in [4.69, 9.17) is 37.4 Å². The molecule has 3 aromatic carbocycles. The number of hydrogen-bond acceptors (Lipinski definition) is 5. The molecule has 0 bridgehead atoms. The van der Waals surface area contributed by atoms with Crippen molar-refractivity contribution < 1.29 is 14.2 Å². The summed E-state index contributed by atoms with van der Waals surface area (Å²) < 4.78 is 17.2. The van der Waals surface area contributed by atoms with Crippen molar-refractivity contribution in [3.63, 3.8) is 0 Å². The number of nitrogens with one attached hydrogen (secondary N) is 1. The molecule has 0 unspecified atom stereocenters. The second-order valence-corrected chi connectivity index (χ2v) is 8.19. The van der Waals surface area contributed by atoms with E-state index in [1.165, 1.54) is 0 Å². The Morgan fingerprint density at radius 1 is 0.935 bits per heavy atom. The first-order valence-electron chi connectivity index (χ1n) is 9.33. The molecule has 0 saturated heterocycles. The van der Waals surface area contributed by atoms with Crippen molar-refractivity contribution in [2.24, 2.45) is 5.10 Å². The third kappa shape index (κ3) is 6.53. The van der Waals surface area contributed by atoms with Gasteiger partial charge in [0.15, 0.2) is 11.5 Å². The molecule has 31 heavy (non-hydrogen) atoms. The Bertz CT molecular complexity index is 1080. The molecule has 3 aromatic rings. The summed E-state index contributed by atoms with van der Waals surface area (Å²) in [6, 6.07) is 16.8. The van der Waals surface area contributed by atoms with Gasteiger partial charge >= 0.3 is 0 Å². The van der Waals surface area contributed by atoms with Gasteiger partial charge in [0.05, 0.1) is 31.5 Å². The van der Waals surface area contributed by atoms with E-state index in [1.54, 1.807) is 32.6 Å². The van der Waals surface area contributed by atoms with Crippen LogP contribution in [0.4, 0.5) is 0 Å². The molecular formula is C23H21BrCl2N2O3. The van der Waals surface area contributed by atoms with Gasteiger partial charge in [-0.2, -0.15) is 5.10 Å². The van der Waals surface area contributed by atoms with Crippen LogP contribution in [0.2, 0.25) is 10.0 Å². The van der Waals surface area contributed by atoms with E-state index < -0.39 is 0 Å². The van der Waals surface area contributed by atoms with Gasteiger partial charge in [0, 0.05) is 15.6 Å². The summed E-state index contributed by atoms with van der Waals surface area (Å²) in [7, 11) is 3.23. The monoisotopic (exact) mass is 522 g/mol. The summed E-state index contributed by atoms with van der Waals surface area (Å²) in [4.78, 5) is 0. The summed E-state index contributed by atoms with van der Waals surface area (Å²) >= 11 is 15.7. The number of halogens is 3. The molecule has 0 aromatic heterocycles. The van der Waals surface area contributed by atoms with Gasteiger partial charge in [-0.3, -0.25) is 0 Å². The van der Waals surface area contributed by atoms with Crippen LogP contribution < -0.4 is 19.6 Å². The van der Waals surface area contributed by atoms with E-state index in [1.807, 2.05) is 42.5 Å². The lowest BCUT2D eigenvalue weighted by atomic mass is 10.2. The molecule has 0 aliphatic heterocycles. The van der Waals surface area contributed by atoms with Crippen molar-refractivity contribution >= 4 is 45.3 Å². The zero-order valence-corrected chi connectivity index (χ0v) is 20.1. The smallest absolute Gasteiger partial charge is 0.161 e. The fraction of sp³-hybridized carbons (Fsp3) is 0.174. The highest BCUT2D eigenvalue weighted by molar-refractivity contribution is 9.10. The molecule has 1 N–H and O–H groups in total. The molecule has 0 aliphatic carbocycles. The zero-order valence-electron chi connectivity index (χ0n) is 17.0. The average molecular weight is 524 g/mol. The summed E-state index contributed by atoms with van der Waals surface area (Å²) in [6.07, 6.45) is 1.74. The van der Waals surface area contributed by atoms with E-state index in [0.717, 1.165) is 21.2 Å². The Morgan fingerprint density at radius 3 is 2.42 bits per heavy atom. The minimum atomic E-state index is 0.342. The minimum absolute atomic E-state index is 0.342. The van der Waals surface area contributed by atoms with E-state index >= 15 is 0 Å². The van der Waals surface area contributed by atoms with Gasteiger partial charge in [0.1, 0.15) is 12.4 Å². The molecule has 3 rings (SSSR count). The number of rotatable bonds is 9. The number of benzene rings is 3. The van der Waals surface area contributed by atoms with E-state index in [0.29, 0.717) is 40.4 Å². The van der Waals surface area contributed by atoms with Crippen LogP contribution in [-0.4, -0.2) is 20.4 Å². The SMILES string of the molecule is COc1ccc(CN/N=C\c2ccc(OCc3ccc(Cl)cc3Cl)c(Br)c2)cc1OC. The second kappa shape index (κ2) is 11.3. The van der Waals surface area contributed by atoms with Gasteiger partial charge in [0.2, 0.25) is 0 Å². The molecular weight excluding hydrogens is 503 g/mol. The van der Waals surface area contributed by atoms with Crippen molar-refractivity contribution in [2.75, 3.05) is 14.2 Å². The lowest BCUT2D eigenvalue weighted by molar-refractivity contribution is 0.304. The summed E-state index contributed by atoms with van der Waals surface area (Å²) in [5, 5.41) is 5.45. The lowest BCUT2D eigenvalue weighted by Gasteiger charge is -2.10. The Hall–Kier alpha value is -2.41. The summed E-state index contributed by atoms with van der Waals surface area (Å²) in [6.45, 7) is 0.899. The maximum atomic E-state index is 6.19. The molecule has 0 amide bonds. The van der Waals surface area contributed by atoms with Gasteiger partial charge < -0.3 is 19.6 Å². The maximum absolute atomic E-state index is 6.19. The third-order valence-corrected chi connectivity index (χ3v) is 5.60. The summed E-state index contributed by atoms with van der Waals surface area (Å²) in [5.74, 6) is 2.09. The molecule has 0 spiro atoms. The van der Waals surface area contributed by atoms with Crippen LogP contribution in [0, 0.1) is 0 Å². The van der Waals surface area contributed by atoms with Crippen LogP contribution >= 0.6 is 39.1 Å². The Balaban J connectivity index is 1.55. The molecule has 5 nitrogen and oxygen atoms in total. The van der Waals surface area contributed by atoms with Crippen LogP contribution in [0.25, 0.3) is 0 Å². The minimum Gasteiger partial charge on any atom is -0.493 e. The Labute approximate surface area is 200 Å². The normalized spacial score (nSPS) is 10.9. The van der Waals surface area contributed by atoms with Gasteiger partial charge in [-0.1, -0.05) is 35.3 Å². The quantitative estimate of drug-likeness (QED) is 0.258. The highest BCUT2D eigenvalue weighted by Crippen LogP contribution is 2.29. The standard InChI is InChI=1S/C23H21BrCl2N2O3/c1-29-22-8-4-16(10-23(22)30-2)13-28-27-12-15-3-7-21(19(24)9-15)31-14-17-5-6-18(25)11-20(17)26/h3-12,28H,13-14H2,1-2H3/b27-12-. The number of ether oxygens (including phenoxy) is 3. The number of hydrogen-bond donors (Lipinski definition) is 1. The molecule has 0 aliphatic rings. The second-order valence-electron chi connectivity index (χ2n) is 6.50. The van der Waals surface area contributed by atoms with Crippen molar-refractivity contribution in [1.82, 2.24) is 5.43 Å². The molecule has 8 heteroatoms. The number of nitrogens with zero attached hydrogens (tertiary/aromatic N) is 1. The molecule has 0 heterocycles. The van der Waals surface area contributed by atoms with Crippen molar-refractivity contribution in [1.29, 1.82) is 0 Å². The van der Waals surface area contributed by atoms with Crippen LogP contribution in [0.5, 0.6) is 17.2 Å². The first-order chi connectivity index (χ1) is 15.0. The van der Waals surface area contributed by atoms with E-state index in [9.17, 15) is 0 Å². The van der Waals surface area contributed by atoms with E-state index in [-0.39, 0.29) is 0 Å². The third-order valence-electron chi connectivity index (χ3n) is 4.39. The van der Waals surface area contributed by atoms with Gasteiger partial charge in [-0.25, -0.2) is 0 Å². The predicted molar refractivity (Wildman–Crippen MR) is 129 cm³/mol. The first kappa shape index (κ1) is 23.3. The van der Waals surface area contributed by atoms with Crippen LogP contribution in [0.3, 0.4) is 0 Å². The zero-order chi connectivity index (χ0) is 22.2. The van der Waals surface area contributed by atoms with Crippen LogP contribution in [0.15, 0.2) is 64.2 Å². The number of methoxy groups -OCH3 is 2. The first-order valence-corrected chi connectivity index (χ1v) is 10.9. The van der Waals surface area contributed by atoms with Crippen LogP contribution in [0.1, 0.15) is 16.7 Å². The van der Waals surface area contributed by atoms with Crippen molar-refractivity contribution in [3.8, 4) is 17.2 Å². The molecule has 0 fully saturated rings.